The number of amides is 1. The Balaban J connectivity index is 2.12. The molecule has 4 heteroatoms. The van der Waals surface area contributed by atoms with Crippen molar-refractivity contribution in [3.8, 4) is 0 Å². The van der Waals surface area contributed by atoms with E-state index in [0.717, 1.165) is 30.2 Å². The van der Waals surface area contributed by atoms with Crippen molar-refractivity contribution in [2.24, 2.45) is 5.73 Å². The number of benzene rings is 1. The van der Waals surface area contributed by atoms with Gasteiger partial charge in [0.25, 0.3) is 5.91 Å². The van der Waals surface area contributed by atoms with Crippen LogP contribution in [0.5, 0.6) is 0 Å². The lowest BCUT2D eigenvalue weighted by atomic mass is 10.1. The van der Waals surface area contributed by atoms with Crippen molar-refractivity contribution >= 4 is 16.8 Å². The van der Waals surface area contributed by atoms with Crippen LogP contribution in [0.1, 0.15) is 36.5 Å². The highest BCUT2D eigenvalue weighted by atomic mass is 16.1. The van der Waals surface area contributed by atoms with Crippen LogP contribution in [0.15, 0.2) is 30.5 Å². The highest BCUT2D eigenvalue weighted by molar-refractivity contribution is 6.05. The Kier molecular flexibility index (Phi) is 4.58. The molecule has 0 saturated heterocycles. The molecule has 1 amide bonds. The van der Waals surface area contributed by atoms with Crippen molar-refractivity contribution in [2.75, 3.05) is 6.54 Å². The second-order valence-corrected chi connectivity index (χ2v) is 4.80. The van der Waals surface area contributed by atoms with Gasteiger partial charge in [-0.2, -0.15) is 0 Å². The predicted molar refractivity (Wildman–Crippen MR) is 78.1 cm³/mol. The van der Waals surface area contributed by atoms with E-state index in [-0.39, 0.29) is 11.9 Å². The molecule has 1 aromatic carbocycles. The number of para-hydroxylation sites is 1. The predicted octanol–water partition coefficient (Wildman–Crippen LogP) is 2.42. The van der Waals surface area contributed by atoms with Crippen molar-refractivity contribution in [3.05, 3.63) is 36.0 Å². The van der Waals surface area contributed by atoms with Gasteiger partial charge in [0, 0.05) is 24.2 Å². The molecular formula is C15H21N3O. The van der Waals surface area contributed by atoms with Gasteiger partial charge in [0.05, 0.1) is 11.1 Å². The number of carbonyl (C=O) groups is 1. The molecule has 4 N–H and O–H groups in total. The van der Waals surface area contributed by atoms with E-state index in [1.165, 1.54) is 0 Å². The van der Waals surface area contributed by atoms with E-state index in [9.17, 15) is 4.79 Å². The van der Waals surface area contributed by atoms with E-state index in [0.29, 0.717) is 12.1 Å². The lowest BCUT2D eigenvalue weighted by Gasteiger charge is -2.16. The molecule has 0 bridgehead atoms. The summed E-state index contributed by atoms with van der Waals surface area (Å²) in [6.07, 6.45) is 4.96. The van der Waals surface area contributed by atoms with Crippen LogP contribution >= 0.6 is 0 Å². The molecule has 4 nitrogen and oxygen atoms in total. The summed E-state index contributed by atoms with van der Waals surface area (Å²) in [4.78, 5) is 15.4. The van der Waals surface area contributed by atoms with Crippen LogP contribution in [0.4, 0.5) is 0 Å². The number of carbonyl (C=O) groups excluding carboxylic acids is 1. The summed E-state index contributed by atoms with van der Waals surface area (Å²) in [5, 5.41) is 4.06. The molecule has 2 rings (SSSR count). The third-order valence-electron chi connectivity index (χ3n) is 3.36. The van der Waals surface area contributed by atoms with Crippen LogP contribution < -0.4 is 11.1 Å². The zero-order valence-corrected chi connectivity index (χ0v) is 11.3. The number of nitrogens with two attached hydrogens (primary N) is 1. The highest BCUT2D eigenvalue weighted by Crippen LogP contribution is 2.17. The van der Waals surface area contributed by atoms with E-state index in [4.69, 9.17) is 5.73 Å². The fourth-order valence-electron chi connectivity index (χ4n) is 2.24. The SMILES string of the molecule is CCCCC(CN)NC(=O)c1cccc2cc[nH]c12. The molecular weight excluding hydrogens is 238 g/mol. The first-order chi connectivity index (χ1) is 9.26. The quantitative estimate of drug-likeness (QED) is 0.745. The molecule has 0 spiro atoms. The summed E-state index contributed by atoms with van der Waals surface area (Å²) in [5.41, 5.74) is 7.27. The van der Waals surface area contributed by atoms with E-state index in [1.54, 1.807) is 0 Å². The number of H-pyrrole nitrogens is 1. The van der Waals surface area contributed by atoms with E-state index in [2.05, 4.69) is 17.2 Å². The van der Waals surface area contributed by atoms with Crippen LogP contribution in [0.25, 0.3) is 10.9 Å². The molecule has 102 valence electrons. The first-order valence-electron chi connectivity index (χ1n) is 6.83. The number of fused-ring (bicyclic) bond motifs is 1. The summed E-state index contributed by atoms with van der Waals surface area (Å²) < 4.78 is 0. The molecule has 1 unspecified atom stereocenters. The number of hydrogen-bond acceptors (Lipinski definition) is 2. The van der Waals surface area contributed by atoms with Gasteiger partial charge in [0.2, 0.25) is 0 Å². The summed E-state index contributed by atoms with van der Waals surface area (Å²) in [6.45, 7) is 2.61. The maximum absolute atomic E-state index is 12.3. The Morgan fingerprint density at radius 1 is 1.42 bits per heavy atom. The summed E-state index contributed by atoms with van der Waals surface area (Å²) in [5.74, 6) is -0.0559. The standard InChI is InChI=1S/C15H21N3O/c1-2-3-6-12(10-16)18-15(19)13-7-4-5-11-8-9-17-14(11)13/h4-5,7-9,12,17H,2-3,6,10,16H2,1H3,(H,18,19). The third kappa shape index (κ3) is 3.15. The van der Waals surface area contributed by atoms with Crippen molar-refractivity contribution in [3.63, 3.8) is 0 Å². The summed E-state index contributed by atoms with van der Waals surface area (Å²) >= 11 is 0. The molecule has 0 aliphatic carbocycles. The fourth-order valence-corrected chi connectivity index (χ4v) is 2.24. The normalized spacial score (nSPS) is 12.5. The lowest BCUT2D eigenvalue weighted by molar-refractivity contribution is 0.0937. The molecule has 1 atom stereocenters. The number of aromatic amines is 1. The minimum absolute atomic E-state index is 0.0534. The first kappa shape index (κ1) is 13.6. The minimum atomic E-state index is -0.0559. The van der Waals surface area contributed by atoms with Gasteiger partial charge in [0.15, 0.2) is 0 Å². The monoisotopic (exact) mass is 259 g/mol. The van der Waals surface area contributed by atoms with Crippen LogP contribution in [-0.2, 0) is 0 Å². The molecule has 0 aliphatic rings. The van der Waals surface area contributed by atoms with Crippen LogP contribution in [0.3, 0.4) is 0 Å². The van der Waals surface area contributed by atoms with E-state index >= 15 is 0 Å². The van der Waals surface area contributed by atoms with Crippen LogP contribution in [0, 0.1) is 0 Å². The zero-order chi connectivity index (χ0) is 13.7. The fraction of sp³-hybridized carbons (Fsp3) is 0.400. The van der Waals surface area contributed by atoms with Crippen molar-refractivity contribution in [1.29, 1.82) is 0 Å². The van der Waals surface area contributed by atoms with Crippen LogP contribution in [0.2, 0.25) is 0 Å². The Bertz CT molecular complexity index is 547. The Morgan fingerprint density at radius 3 is 3.00 bits per heavy atom. The third-order valence-corrected chi connectivity index (χ3v) is 3.36. The van der Waals surface area contributed by atoms with Crippen molar-refractivity contribution in [2.45, 2.75) is 32.2 Å². The molecule has 0 radical (unpaired) electrons. The molecule has 0 aliphatic heterocycles. The number of unbranched alkanes of at least 4 members (excludes halogenated alkanes) is 1. The van der Waals surface area contributed by atoms with Gasteiger partial charge in [-0.15, -0.1) is 0 Å². The Hall–Kier alpha value is -1.81. The van der Waals surface area contributed by atoms with Gasteiger partial charge in [-0.3, -0.25) is 4.79 Å². The number of nitrogens with one attached hydrogen (secondary N) is 2. The van der Waals surface area contributed by atoms with Crippen LogP contribution in [-0.4, -0.2) is 23.5 Å². The van der Waals surface area contributed by atoms with Crippen molar-refractivity contribution in [1.82, 2.24) is 10.3 Å². The maximum Gasteiger partial charge on any atom is 0.253 e. The lowest BCUT2D eigenvalue weighted by Crippen LogP contribution is -2.40. The largest absolute Gasteiger partial charge is 0.361 e. The number of hydrogen-bond donors (Lipinski definition) is 3. The second kappa shape index (κ2) is 6.38. The van der Waals surface area contributed by atoms with Gasteiger partial charge in [-0.1, -0.05) is 31.9 Å². The van der Waals surface area contributed by atoms with Gasteiger partial charge in [-0.25, -0.2) is 0 Å². The smallest absolute Gasteiger partial charge is 0.253 e. The number of rotatable bonds is 6. The van der Waals surface area contributed by atoms with E-state index in [1.807, 2.05) is 30.5 Å². The average molecular weight is 259 g/mol. The van der Waals surface area contributed by atoms with E-state index < -0.39 is 0 Å². The molecule has 0 fully saturated rings. The Morgan fingerprint density at radius 2 is 2.26 bits per heavy atom. The average Bonchev–Trinajstić information content (AvgIpc) is 2.91. The van der Waals surface area contributed by atoms with Gasteiger partial charge < -0.3 is 16.0 Å². The molecule has 2 aromatic rings. The number of aromatic nitrogens is 1. The van der Waals surface area contributed by atoms with Gasteiger partial charge in [-0.05, 0) is 18.6 Å². The Labute approximate surface area is 113 Å². The maximum atomic E-state index is 12.3. The highest BCUT2D eigenvalue weighted by Gasteiger charge is 2.14. The molecule has 1 heterocycles. The molecule has 1 aromatic heterocycles. The van der Waals surface area contributed by atoms with Gasteiger partial charge in [0.1, 0.15) is 0 Å². The van der Waals surface area contributed by atoms with Gasteiger partial charge >= 0.3 is 0 Å². The zero-order valence-electron chi connectivity index (χ0n) is 11.3. The first-order valence-corrected chi connectivity index (χ1v) is 6.83. The minimum Gasteiger partial charge on any atom is -0.361 e. The second-order valence-electron chi connectivity index (χ2n) is 4.80. The summed E-state index contributed by atoms with van der Waals surface area (Å²) in [7, 11) is 0. The molecule has 0 saturated carbocycles. The topological polar surface area (TPSA) is 70.9 Å². The summed E-state index contributed by atoms with van der Waals surface area (Å²) in [6, 6.07) is 7.73. The molecule has 19 heavy (non-hydrogen) atoms. The van der Waals surface area contributed by atoms with Crippen molar-refractivity contribution < 1.29 is 4.79 Å².